The van der Waals surface area contributed by atoms with Crippen LogP contribution in [0.5, 0.6) is 11.5 Å². The summed E-state index contributed by atoms with van der Waals surface area (Å²) in [5.41, 5.74) is 0.301. The number of ether oxygens (including phenoxy) is 2. The third kappa shape index (κ3) is 3.48. The molecular formula is C18H15ClN2O5. The average Bonchev–Trinajstić information content (AvgIpc) is 2.87. The molecule has 0 radical (unpaired) electrons. The lowest BCUT2D eigenvalue weighted by Gasteiger charge is -2.16. The van der Waals surface area contributed by atoms with Gasteiger partial charge in [0, 0.05) is 5.02 Å². The van der Waals surface area contributed by atoms with E-state index in [9.17, 15) is 14.4 Å². The predicted octanol–water partition coefficient (Wildman–Crippen LogP) is 2.72. The molecule has 2 aromatic carbocycles. The van der Waals surface area contributed by atoms with E-state index in [1.165, 1.54) is 19.2 Å². The molecule has 4 amide bonds. The van der Waals surface area contributed by atoms with E-state index in [-0.39, 0.29) is 13.2 Å². The Labute approximate surface area is 154 Å². The second-order valence-corrected chi connectivity index (χ2v) is 5.82. The van der Waals surface area contributed by atoms with E-state index in [0.717, 1.165) is 9.80 Å². The average molecular weight is 375 g/mol. The van der Waals surface area contributed by atoms with Crippen LogP contribution in [0.4, 0.5) is 10.5 Å². The number of nitrogens with zero attached hydrogens (tertiary/aromatic N) is 2. The van der Waals surface area contributed by atoms with E-state index in [2.05, 4.69) is 0 Å². The van der Waals surface area contributed by atoms with Crippen molar-refractivity contribution in [1.29, 1.82) is 0 Å². The van der Waals surface area contributed by atoms with Gasteiger partial charge in [-0.3, -0.25) is 14.5 Å². The molecule has 8 heteroatoms. The van der Waals surface area contributed by atoms with Gasteiger partial charge in [0.15, 0.2) is 0 Å². The molecular weight excluding hydrogens is 360 g/mol. The van der Waals surface area contributed by atoms with Gasteiger partial charge in [-0.05, 0) is 48.5 Å². The second kappa shape index (κ2) is 7.45. The minimum Gasteiger partial charge on any atom is -0.497 e. The number of imide groups is 2. The molecule has 1 heterocycles. The van der Waals surface area contributed by atoms with Crippen LogP contribution in [-0.4, -0.2) is 43.0 Å². The predicted molar refractivity (Wildman–Crippen MR) is 94.5 cm³/mol. The fourth-order valence-electron chi connectivity index (χ4n) is 2.45. The molecule has 0 aromatic heterocycles. The molecule has 0 atom stereocenters. The molecule has 0 aliphatic carbocycles. The zero-order valence-electron chi connectivity index (χ0n) is 13.8. The van der Waals surface area contributed by atoms with Crippen LogP contribution in [0, 0.1) is 0 Å². The first-order valence-corrected chi connectivity index (χ1v) is 8.11. The molecule has 26 heavy (non-hydrogen) atoms. The van der Waals surface area contributed by atoms with E-state index in [1.54, 1.807) is 36.4 Å². The lowest BCUT2D eigenvalue weighted by Crippen LogP contribution is -2.36. The van der Waals surface area contributed by atoms with Crippen LogP contribution in [0.1, 0.15) is 0 Å². The van der Waals surface area contributed by atoms with Gasteiger partial charge in [0.1, 0.15) is 18.1 Å². The number of amides is 4. The van der Waals surface area contributed by atoms with Crippen LogP contribution in [0.2, 0.25) is 5.02 Å². The van der Waals surface area contributed by atoms with E-state index in [0.29, 0.717) is 22.2 Å². The number of hydrogen-bond acceptors (Lipinski definition) is 5. The van der Waals surface area contributed by atoms with Gasteiger partial charge >= 0.3 is 17.8 Å². The lowest BCUT2D eigenvalue weighted by molar-refractivity contribution is -0.139. The minimum absolute atomic E-state index is 0.0430. The van der Waals surface area contributed by atoms with Gasteiger partial charge in [-0.2, -0.15) is 0 Å². The summed E-state index contributed by atoms with van der Waals surface area (Å²) in [6, 6.07) is 12.3. The molecule has 134 valence electrons. The van der Waals surface area contributed by atoms with Crippen LogP contribution in [0.3, 0.4) is 0 Å². The van der Waals surface area contributed by atoms with Crippen LogP contribution in [-0.2, 0) is 9.59 Å². The molecule has 7 nitrogen and oxygen atoms in total. The summed E-state index contributed by atoms with van der Waals surface area (Å²) >= 11 is 5.79. The molecule has 0 bridgehead atoms. The first-order chi connectivity index (χ1) is 12.5. The van der Waals surface area contributed by atoms with E-state index < -0.39 is 17.8 Å². The SMILES string of the molecule is COc1ccc(N2C(=O)C(=O)N(CCOc3ccc(Cl)cc3)C2=O)cc1. The van der Waals surface area contributed by atoms with E-state index in [1.807, 2.05) is 0 Å². The zero-order valence-corrected chi connectivity index (χ0v) is 14.6. The molecule has 0 unspecified atom stereocenters. The Balaban J connectivity index is 1.66. The molecule has 1 fully saturated rings. The number of urea groups is 1. The Hall–Kier alpha value is -3.06. The van der Waals surface area contributed by atoms with Crippen molar-refractivity contribution in [2.45, 2.75) is 0 Å². The Morgan fingerprint density at radius 2 is 1.50 bits per heavy atom. The largest absolute Gasteiger partial charge is 0.497 e. The van der Waals surface area contributed by atoms with Gasteiger partial charge < -0.3 is 9.47 Å². The number of carbonyl (C=O) groups is 3. The summed E-state index contributed by atoms with van der Waals surface area (Å²) in [7, 11) is 1.51. The molecule has 1 saturated heterocycles. The number of anilines is 1. The fourth-order valence-corrected chi connectivity index (χ4v) is 2.57. The quantitative estimate of drug-likeness (QED) is 0.574. The van der Waals surface area contributed by atoms with Crippen molar-refractivity contribution in [3.05, 3.63) is 53.6 Å². The van der Waals surface area contributed by atoms with Gasteiger partial charge in [0.25, 0.3) is 0 Å². The van der Waals surface area contributed by atoms with E-state index in [4.69, 9.17) is 21.1 Å². The number of halogens is 1. The van der Waals surface area contributed by atoms with Gasteiger partial charge in [-0.15, -0.1) is 0 Å². The van der Waals surface area contributed by atoms with Crippen LogP contribution < -0.4 is 14.4 Å². The maximum atomic E-state index is 12.5. The normalized spacial score (nSPS) is 14.2. The van der Waals surface area contributed by atoms with Crippen molar-refractivity contribution in [3.63, 3.8) is 0 Å². The van der Waals surface area contributed by atoms with Crippen molar-refractivity contribution >= 4 is 35.1 Å². The zero-order chi connectivity index (χ0) is 18.7. The van der Waals surface area contributed by atoms with Crippen molar-refractivity contribution in [2.24, 2.45) is 0 Å². The number of carbonyl (C=O) groups excluding carboxylic acids is 3. The molecule has 0 spiro atoms. The number of benzene rings is 2. The Bertz CT molecular complexity index is 836. The first-order valence-electron chi connectivity index (χ1n) is 7.73. The maximum Gasteiger partial charge on any atom is 0.339 e. The molecule has 3 rings (SSSR count). The number of methoxy groups -OCH3 is 1. The summed E-state index contributed by atoms with van der Waals surface area (Å²) in [5.74, 6) is -0.656. The maximum absolute atomic E-state index is 12.5. The first kappa shape index (κ1) is 17.8. The molecule has 2 aromatic rings. The smallest absolute Gasteiger partial charge is 0.339 e. The van der Waals surface area contributed by atoms with Crippen molar-refractivity contribution in [3.8, 4) is 11.5 Å². The van der Waals surface area contributed by atoms with Crippen LogP contribution >= 0.6 is 11.6 Å². The number of hydrogen-bond donors (Lipinski definition) is 0. The number of rotatable bonds is 6. The van der Waals surface area contributed by atoms with Gasteiger partial charge in [0.2, 0.25) is 0 Å². The topological polar surface area (TPSA) is 76.2 Å². The summed E-state index contributed by atoms with van der Waals surface area (Å²) < 4.78 is 10.5. The standard InChI is InChI=1S/C18H15ClN2O5/c1-25-14-8-4-13(5-9-14)21-17(23)16(22)20(18(21)24)10-11-26-15-6-2-12(19)3-7-15/h2-9H,10-11H2,1H3. The molecule has 0 N–H and O–H groups in total. The van der Waals surface area contributed by atoms with Crippen molar-refractivity contribution in [2.75, 3.05) is 25.2 Å². The highest BCUT2D eigenvalue weighted by molar-refractivity contribution is 6.52. The summed E-state index contributed by atoms with van der Waals surface area (Å²) in [5, 5.41) is 0.572. The molecule has 1 aliphatic heterocycles. The van der Waals surface area contributed by atoms with Gasteiger partial charge in [-0.25, -0.2) is 9.69 Å². The monoisotopic (exact) mass is 374 g/mol. The summed E-state index contributed by atoms with van der Waals surface area (Å²) in [6.45, 7) is 0.0154. The van der Waals surface area contributed by atoms with Crippen LogP contribution in [0.15, 0.2) is 48.5 Å². The molecule has 0 saturated carbocycles. The van der Waals surface area contributed by atoms with Crippen molar-refractivity contribution < 1.29 is 23.9 Å². The van der Waals surface area contributed by atoms with E-state index >= 15 is 0 Å². The second-order valence-electron chi connectivity index (χ2n) is 5.38. The Morgan fingerprint density at radius 3 is 2.12 bits per heavy atom. The highest BCUT2D eigenvalue weighted by atomic mass is 35.5. The highest BCUT2D eigenvalue weighted by Gasteiger charge is 2.45. The van der Waals surface area contributed by atoms with Crippen LogP contribution in [0.25, 0.3) is 0 Å². The lowest BCUT2D eigenvalue weighted by atomic mass is 10.3. The third-order valence-corrected chi connectivity index (χ3v) is 4.03. The van der Waals surface area contributed by atoms with Gasteiger partial charge in [0.05, 0.1) is 19.3 Å². The minimum atomic E-state index is -0.897. The van der Waals surface area contributed by atoms with Gasteiger partial charge in [-0.1, -0.05) is 11.6 Å². The highest BCUT2D eigenvalue weighted by Crippen LogP contribution is 2.24. The summed E-state index contributed by atoms with van der Waals surface area (Å²) in [6.07, 6.45) is 0. The Morgan fingerprint density at radius 1 is 0.885 bits per heavy atom. The summed E-state index contributed by atoms with van der Waals surface area (Å²) in [4.78, 5) is 38.5. The molecule has 1 aliphatic rings. The third-order valence-electron chi connectivity index (χ3n) is 3.78. The van der Waals surface area contributed by atoms with Crippen molar-refractivity contribution in [1.82, 2.24) is 4.90 Å². The fraction of sp³-hybridized carbons (Fsp3) is 0.167. The Kier molecular flexibility index (Phi) is 5.09.